The van der Waals surface area contributed by atoms with Gasteiger partial charge in [0.05, 0.1) is 4.91 Å². The smallest absolute Gasteiger partial charge is 0.208 e. The molecule has 0 atom stereocenters. The lowest BCUT2D eigenvalue weighted by Crippen LogP contribution is -2.37. The highest BCUT2D eigenvalue weighted by Gasteiger charge is 2.25. The Morgan fingerprint density at radius 3 is 2.55 bits per heavy atom. The summed E-state index contributed by atoms with van der Waals surface area (Å²) in [6.45, 7) is 0. The van der Waals surface area contributed by atoms with Gasteiger partial charge in [0.2, 0.25) is 10.0 Å². The van der Waals surface area contributed by atoms with E-state index in [9.17, 15) is 8.42 Å². The van der Waals surface area contributed by atoms with E-state index >= 15 is 0 Å². The Hall–Kier alpha value is -1.13. The molecule has 0 unspecified atom stereocenters. The molecule has 108 valence electrons. The minimum absolute atomic E-state index is 0.131. The molecule has 1 aromatic carbocycles. The fourth-order valence-corrected chi connectivity index (χ4v) is 4.61. The monoisotopic (exact) mass is 291 g/mol. The fraction of sp³-hybridized carbons (Fsp3) is 0.500. The molecule has 4 heteroatoms. The van der Waals surface area contributed by atoms with Gasteiger partial charge in [-0.1, -0.05) is 43.5 Å². The quantitative estimate of drug-likeness (QED) is 0.929. The Kier molecular flexibility index (Phi) is 3.94. The third-order valence-corrected chi connectivity index (χ3v) is 5.94. The van der Waals surface area contributed by atoms with Gasteiger partial charge in [-0.3, -0.25) is 0 Å². The molecule has 2 aliphatic rings. The summed E-state index contributed by atoms with van der Waals surface area (Å²) in [6.07, 6.45) is 8.71. The van der Waals surface area contributed by atoms with Gasteiger partial charge in [0.15, 0.2) is 0 Å². The van der Waals surface area contributed by atoms with Crippen LogP contribution in [0, 0.1) is 0 Å². The van der Waals surface area contributed by atoms with Crippen molar-refractivity contribution in [1.82, 2.24) is 4.72 Å². The zero-order valence-corrected chi connectivity index (χ0v) is 12.5. The molecule has 0 aliphatic heterocycles. The number of hydrogen-bond donors (Lipinski definition) is 1. The van der Waals surface area contributed by atoms with Crippen LogP contribution < -0.4 is 4.72 Å². The summed E-state index contributed by atoms with van der Waals surface area (Å²) in [5.41, 5.74) is 2.28. The second-order valence-electron chi connectivity index (χ2n) is 5.77. The van der Waals surface area contributed by atoms with Crippen molar-refractivity contribution >= 4 is 16.1 Å². The number of nitrogens with one attached hydrogen (secondary N) is 1. The number of benzene rings is 1. The molecule has 3 rings (SSSR count). The van der Waals surface area contributed by atoms with Crippen LogP contribution >= 0.6 is 0 Å². The van der Waals surface area contributed by atoms with E-state index in [1.54, 1.807) is 0 Å². The van der Waals surface area contributed by atoms with Gasteiger partial charge in [0.25, 0.3) is 0 Å². The van der Waals surface area contributed by atoms with Gasteiger partial charge in [0, 0.05) is 6.04 Å². The standard InChI is InChI=1S/C16H21NO2S/c18-20(19,17-15-8-2-1-3-9-15)16-11-10-13-6-4-5-7-14(13)12-16/h4-7,12,15,17H,1-3,8-11H2. The van der Waals surface area contributed by atoms with E-state index in [4.69, 9.17) is 0 Å². The Labute approximate surface area is 121 Å². The summed E-state index contributed by atoms with van der Waals surface area (Å²) in [7, 11) is -3.31. The lowest BCUT2D eigenvalue weighted by Gasteiger charge is -2.24. The first-order chi connectivity index (χ1) is 9.65. The number of hydrogen-bond acceptors (Lipinski definition) is 2. The molecule has 1 N–H and O–H groups in total. The highest BCUT2D eigenvalue weighted by Crippen LogP contribution is 2.27. The summed E-state index contributed by atoms with van der Waals surface area (Å²) in [5.74, 6) is 0. The Morgan fingerprint density at radius 2 is 1.75 bits per heavy atom. The van der Waals surface area contributed by atoms with Crippen molar-refractivity contribution in [3.05, 3.63) is 40.3 Å². The molecular weight excluding hydrogens is 270 g/mol. The highest BCUT2D eigenvalue weighted by molar-refractivity contribution is 7.93. The maximum absolute atomic E-state index is 12.5. The summed E-state index contributed by atoms with van der Waals surface area (Å²) in [6, 6.07) is 8.16. The molecule has 0 heterocycles. The number of sulfonamides is 1. The van der Waals surface area contributed by atoms with Gasteiger partial charge in [-0.15, -0.1) is 0 Å². The number of rotatable bonds is 3. The summed E-state index contributed by atoms with van der Waals surface area (Å²) < 4.78 is 27.9. The summed E-state index contributed by atoms with van der Waals surface area (Å²) in [4.78, 5) is 0.543. The average Bonchev–Trinajstić information content (AvgIpc) is 2.47. The minimum atomic E-state index is -3.31. The molecular formula is C16H21NO2S. The molecule has 0 amide bonds. The molecule has 2 aliphatic carbocycles. The predicted octanol–water partition coefficient (Wildman–Crippen LogP) is 3.23. The van der Waals surface area contributed by atoms with E-state index in [1.165, 1.54) is 12.0 Å². The maximum Gasteiger partial charge on any atom is 0.236 e. The molecule has 0 bridgehead atoms. The van der Waals surface area contributed by atoms with Gasteiger partial charge >= 0.3 is 0 Å². The molecule has 1 saturated carbocycles. The van der Waals surface area contributed by atoms with E-state index in [0.717, 1.165) is 37.7 Å². The molecule has 0 aromatic heterocycles. The lowest BCUT2D eigenvalue weighted by molar-refractivity contribution is 0.413. The van der Waals surface area contributed by atoms with Gasteiger partial charge in [0.1, 0.15) is 0 Å². The van der Waals surface area contributed by atoms with Crippen molar-refractivity contribution in [2.45, 2.75) is 51.0 Å². The Morgan fingerprint density at radius 1 is 1.00 bits per heavy atom. The van der Waals surface area contributed by atoms with Crippen LogP contribution in [0.5, 0.6) is 0 Å². The molecule has 20 heavy (non-hydrogen) atoms. The van der Waals surface area contributed by atoms with Crippen LogP contribution in [0.4, 0.5) is 0 Å². The second-order valence-corrected chi connectivity index (χ2v) is 7.53. The van der Waals surface area contributed by atoms with E-state index in [-0.39, 0.29) is 6.04 Å². The largest absolute Gasteiger partial charge is 0.236 e. The molecule has 3 nitrogen and oxygen atoms in total. The minimum Gasteiger partial charge on any atom is -0.208 e. The van der Waals surface area contributed by atoms with Crippen molar-refractivity contribution in [2.24, 2.45) is 0 Å². The topological polar surface area (TPSA) is 46.2 Å². The number of allylic oxidation sites excluding steroid dienone is 1. The van der Waals surface area contributed by atoms with E-state index in [1.807, 2.05) is 24.3 Å². The fourth-order valence-electron chi connectivity index (χ4n) is 3.13. The van der Waals surface area contributed by atoms with Gasteiger partial charge in [-0.25, -0.2) is 13.1 Å². The number of fused-ring (bicyclic) bond motifs is 1. The van der Waals surface area contributed by atoms with Crippen molar-refractivity contribution in [3.8, 4) is 0 Å². The second kappa shape index (κ2) is 5.70. The van der Waals surface area contributed by atoms with Crippen LogP contribution in [-0.2, 0) is 16.4 Å². The van der Waals surface area contributed by atoms with Crippen LogP contribution in [-0.4, -0.2) is 14.5 Å². The lowest BCUT2D eigenvalue weighted by atomic mass is 9.96. The summed E-state index contributed by atoms with van der Waals surface area (Å²) >= 11 is 0. The maximum atomic E-state index is 12.5. The predicted molar refractivity (Wildman–Crippen MR) is 81.7 cm³/mol. The zero-order chi connectivity index (χ0) is 14.0. The average molecular weight is 291 g/mol. The van der Waals surface area contributed by atoms with Gasteiger partial charge < -0.3 is 0 Å². The SMILES string of the molecule is O=S(=O)(NC1CCCCC1)C1=Cc2ccccc2CC1. The first-order valence-electron chi connectivity index (χ1n) is 7.46. The van der Waals surface area contributed by atoms with E-state index < -0.39 is 10.0 Å². The van der Waals surface area contributed by atoms with E-state index in [0.29, 0.717) is 11.3 Å². The third kappa shape index (κ3) is 2.96. The van der Waals surface area contributed by atoms with Crippen molar-refractivity contribution in [3.63, 3.8) is 0 Å². The van der Waals surface area contributed by atoms with Crippen LogP contribution in [0.25, 0.3) is 6.08 Å². The summed E-state index contributed by atoms with van der Waals surface area (Å²) in [5, 5.41) is 0. The van der Waals surface area contributed by atoms with Crippen LogP contribution in [0.15, 0.2) is 29.2 Å². The first kappa shape index (κ1) is 13.8. The molecule has 0 saturated heterocycles. The first-order valence-corrected chi connectivity index (χ1v) is 8.94. The van der Waals surface area contributed by atoms with Crippen molar-refractivity contribution in [1.29, 1.82) is 0 Å². The molecule has 1 fully saturated rings. The zero-order valence-electron chi connectivity index (χ0n) is 11.6. The van der Waals surface area contributed by atoms with E-state index in [2.05, 4.69) is 10.8 Å². The molecule has 1 aromatic rings. The highest BCUT2D eigenvalue weighted by atomic mass is 32.2. The Balaban J connectivity index is 1.80. The van der Waals surface area contributed by atoms with Crippen LogP contribution in [0.1, 0.15) is 49.7 Å². The van der Waals surface area contributed by atoms with Gasteiger partial charge in [-0.05, 0) is 42.9 Å². The third-order valence-electron chi connectivity index (χ3n) is 4.28. The van der Waals surface area contributed by atoms with Crippen molar-refractivity contribution < 1.29 is 8.42 Å². The van der Waals surface area contributed by atoms with Crippen LogP contribution in [0.2, 0.25) is 0 Å². The molecule has 0 radical (unpaired) electrons. The molecule has 0 spiro atoms. The number of aryl methyl sites for hydroxylation is 1. The van der Waals surface area contributed by atoms with Crippen LogP contribution in [0.3, 0.4) is 0 Å². The normalized spacial score (nSPS) is 20.3. The van der Waals surface area contributed by atoms with Crippen molar-refractivity contribution in [2.75, 3.05) is 0 Å². The van der Waals surface area contributed by atoms with Gasteiger partial charge in [-0.2, -0.15) is 0 Å². The Bertz CT molecular complexity index is 613.